The van der Waals surface area contributed by atoms with Crippen LogP contribution in [0.1, 0.15) is 11.3 Å². The van der Waals surface area contributed by atoms with E-state index in [0.29, 0.717) is 11.4 Å². The molecule has 0 aliphatic rings. The molecule has 2 aromatic carbocycles. The summed E-state index contributed by atoms with van der Waals surface area (Å²) in [5.41, 5.74) is 2.74. The molecule has 0 radical (unpaired) electrons. The summed E-state index contributed by atoms with van der Waals surface area (Å²) in [6, 6.07) is 14.7. The Morgan fingerprint density at radius 2 is 1.69 bits per heavy atom. The van der Waals surface area contributed by atoms with Crippen molar-refractivity contribution in [3.05, 3.63) is 82.0 Å². The van der Waals surface area contributed by atoms with Gasteiger partial charge in [0.2, 0.25) is 0 Å². The molecule has 3 aromatic rings. The van der Waals surface area contributed by atoms with E-state index in [9.17, 15) is 18.8 Å². The predicted molar refractivity (Wildman–Crippen MR) is 107 cm³/mol. The number of carbonyl (C=O) groups is 2. The maximum absolute atomic E-state index is 13.5. The molecule has 0 atom stereocenters. The minimum absolute atomic E-state index is 0.0189. The quantitative estimate of drug-likeness (QED) is 0.400. The van der Waals surface area contributed by atoms with Gasteiger partial charge in [-0.3, -0.25) is 19.1 Å². The SMILES string of the molecule is Cc1c(NC(=O)C(=O)NN=Cc2ccccc2F)c(=O)n(-c2ccccc2)n1C. The van der Waals surface area contributed by atoms with Crippen LogP contribution in [-0.4, -0.2) is 27.4 Å². The monoisotopic (exact) mass is 395 g/mol. The highest BCUT2D eigenvalue weighted by Crippen LogP contribution is 2.13. The number of amides is 2. The Balaban J connectivity index is 1.75. The van der Waals surface area contributed by atoms with E-state index in [1.165, 1.54) is 22.9 Å². The van der Waals surface area contributed by atoms with Crippen LogP contribution in [0.2, 0.25) is 0 Å². The first-order valence-corrected chi connectivity index (χ1v) is 8.63. The number of para-hydroxylation sites is 1. The van der Waals surface area contributed by atoms with Gasteiger partial charge in [-0.05, 0) is 25.1 Å². The summed E-state index contributed by atoms with van der Waals surface area (Å²) in [7, 11) is 1.66. The van der Waals surface area contributed by atoms with Crippen molar-refractivity contribution in [3.63, 3.8) is 0 Å². The van der Waals surface area contributed by atoms with E-state index in [2.05, 4.69) is 10.4 Å². The van der Waals surface area contributed by atoms with Crippen molar-refractivity contribution in [1.82, 2.24) is 14.8 Å². The van der Waals surface area contributed by atoms with Gasteiger partial charge in [0.1, 0.15) is 11.5 Å². The number of nitrogens with zero attached hydrogens (tertiary/aromatic N) is 3. The molecule has 1 heterocycles. The Morgan fingerprint density at radius 1 is 1.03 bits per heavy atom. The fraction of sp³-hybridized carbons (Fsp3) is 0.100. The lowest BCUT2D eigenvalue weighted by Gasteiger charge is -2.07. The van der Waals surface area contributed by atoms with Gasteiger partial charge in [-0.25, -0.2) is 14.5 Å². The normalized spacial score (nSPS) is 10.9. The second-order valence-corrected chi connectivity index (χ2v) is 6.11. The number of hydrogen-bond acceptors (Lipinski definition) is 4. The molecule has 0 spiro atoms. The van der Waals surface area contributed by atoms with Crippen molar-refractivity contribution in [3.8, 4) is 5.69 Å². The van der Waals surface area contributed by atoms with Crippen molar-refractivity contribution >= 4 is 23.7 Å². The molecule has 0 aliphatic carbocycles. The molecule has 0 saturated carbocycles. The Bertz CT molecular complexity index is 1150. The molecule has 29 heavy (non-hydrogen) atoms. The van der Waals surface area contributed by atoms with E-state index in [1.807, 2.05) is 11.5 Å². The lowest BCUT2D eigenvalue weighted by molar-refractivity contribution is -0.136. The second kappa shape index (κ2) is 8.34. The number of carbonyl (C=O) groups excluding carboxylic acids is 2. The lowest BCUT2D eigenvalue weighted by Crippen LogP contribution is -2.34. The molecule has 2 amide bonds. The third-order valence-electron chi connectivity index (χ3n) is 4.27. The van der Waals surface area contributed by atoms with Crippen LogP contribution in [0.25, 0.3) is 5.69 Å². The molecule has 0 unspecified atom stereocenters. The molecule has 8 nitrogen and oxygen atoms in total. The van der Waals surface area contributed by atoms with Crippen molar-refractivity contribution in [2.45, 2.75) is 6.92 Å². The standard InChI is InChI=1S/C20H18FN5O3/c1-13-17(20(29)26(25(13)2)15-9-4-3-5-10-15)23-18(27)19(28)24-22-12-14-8-6-7-11-16(14)21/h3-12H,1-2H3,(H,23,27)(H,24,28). The molecule has 2 N–H and O–H groups in total. The van der Waals surface area contributed by atoms with Crippen LogP contribution < -0.4 is 16.3 Å². The first-order valence-electron chi connectivity index (χ1n) is 8.63. The summed E-state index contributed by atoms with van der Waals surface area (Å²) in [4.78, 5) is 36.8. The van der Waals surface area contributed by atoms with Crippen LogP contribution in [0.3, 0.4) is 0 Å². The summed E-state index contributed by atoms with van der Waals surface area (Å²) >= 11 is 0. The smallest absolute Gasteiger partial charge is 0.311 e. The maximum Gasteiger partial charge on any atom is 0.329 e. The van der Waals surface area contributed by atoms with Crippen LogP contribution >= 0.6 is 0 Å². The third kappa shape index (κ3) is 4.13. The molecule has 0 aliphatic heterocycles. The summed E-state index contributed by atoms with van der Waals surface area (Å²) in [5.74, 6) is -2.68. The van der Waals surface area contributed by atoms with Gasteiger partial charge in [0.05, 0.1) is 17.6 Å². The van der Waals surface area contributed by atoms with Gasteiger partial charge in [-0.1, -0.05) is 36.4 Å². The van der Waals surface area contributed by atoms with E-state index < -0.39 is 23.2 Å². The number of halogens is 1. The molecule has 3 rings (SSSR count). The summed E-state index contributed by atoms with van der Waals surface area (Å²) < 4.78 is 16.5. The fourth-order valence-electron chi connectivity index (χ4n) is 2.67. The predicted octanol–water partition coefficient (Wildman–Crippen LogP) is 1.71. The van der Waals surface area contributed by atoms with Gasteiger partial charge in [0.25, 0.3) is 5.56 Å². The zero-order chi connectivity index (χ0) is 21.0. The van der Waals surface area contributed by atoms with Gasteiger partial charge in [-0.2, -0.15) is 5.10 Å². The van der Waals surface area contributed by atoms with Crippen molar-refractivity contribution in [2.75, 3.05) is 5.32 Å². The van der Waals surface area contributed by atoms with E-state index in [0.717, 1.165) is 6.21 Å². The number of hydrazone groups is 1. The van der Waals surface area contributed by atoms with Crippen molar-refractivity contribution in [2.24, 2.45) is 12.1 Å². The van der Waals surface area contributed by atoms with Gasteiger partial charge in [0.15, 0.2) is 0 Å². The number of nitrogens with one attached hydrogen (secondary N) is 2. The molecule has 9 heteroatoms. The fourth-order valence-corrected chi connectivity index (χ4v) is 2.67. The largest absolute Gasteiger partial charge is 0.329 e. The Hall–Kier alpha value is -4.01. The summed E-state index contributed by atoms with van der Waals surface area (Å²) in [6.07, 6.45) is 1.08. The first kappa shape index (κ1) is 19.7. The molecule has 0 bridgehead atoms. The zero-order valence-corrected chi connectivity index (χ0v) is 15.7. The van der Waals surface area contributed by atoms with E-state index in [1.54, 1.807) is 49.0 Å². The van der Waals surface area contributed by atoms with Crippen LogP contribution in [0.15, 0.2) is 64.5 Å². The third-order valence-corrected chi connectivity index (χ3v) is 4.27. The van der Waals surface area contributed by atoms with Crippen LogP contribution in [0.5, 0.6) is 0 Å². The number of rotatable bonds is 4. The average molecular weight is 395 g/mol. The molecule has 148 valence electrons. The van der Waals surface area contributed by atoms with Crippen LogP contribution in [0, 0.1) is 12.7 Å². The topological polar surface area (TPSA) is 97.5 Å². The van der Waals surface area contributed by atoms with Crippen molar-refractivity contribution < 1.29 is 14.0 Å². The number of benzene rings is 2. The van der Waals surface area contributed by atoms with E-state index >= 15 is 0 Å². The Morgan fingerprint density at radius 3 is 2.38 bits per heavy atom. The van der Waals surface area contributed by atoms with E-state index in [4.69, 9.17) is 0 Å². The van der Waals surface area contributed by atoms with Gasteiger partial charge in [-0.15, -0.1) is 0 Å². The van der Waals surface area contributed by atoms with E-state index in [-0.39, 0.29) is 11.3 Å². The minimum atomic E-state index is -1.09. The van der Waals surface area contributed by atoms with Crippen LogP contribution in [-0.2, 0) is 16.6 Å². The highest BCUT2D eigenvalue weighted by molar-refractivity contribution is 6.39. The summed E-state index contributed by atoms with van der Waals surface area (Å²) in [6.45, 7) is 1.64. The van der Waals surface area contributed by atoms with Gasteiger partial charge >= 0.3 is 11.8 Å². The van der Waals surface area contributed by atoms with Gasteiger partial charge in [0, 0.05) is 12.6 Å². The van der Waals surface area contributed by atoms with Gasteiger partial charge < -0.3 is 5.32 Å². The lowest BCUT2D eigenvalue weighted by atomic mass is 10.2. The average Bonchev–Trinajstić information content (AvgIpc) is 2.93. The highest BCUT2D eigenvalue weighted by atomic mass is 19.1. The molecule has 0 saturated heterocycles. The minimum Gasteiger partial charge on any atom is -0.311 e. The zero-order valence-electron chi connectivity index (χ0n) is 15.7. The Labute approximate surface area is 165 Å². The number of anilines is 1. The van der Waals surface area contributed by atoms with Crippen molar-refractivity contribution in [1.29, 1.82) is 0 Å². The maximum atomic E-state index is 13.5. The number of aromatic nitrogens is 2. The van der Waals surface area contributed by atoms with Crippen LogP contribution in [0.4, 0.5) is 10.1 Å². The summed E-state index contributed by atoms with van der Waals surface area (Å²) in [5, 5.41) is 5.88. The first-order chi connectivity index (χ1) is 13.9. The highest BCUT2D eigenvalue weighted by Gasteiger charge is 2.21. The number of hydrogen-bond donors (Lipinski definition) is 2. The Kier molecular flexibility index (Phi) is 5.68. The molecule has 0 fully saturated rings. The second-order valence-electron chi connectivity index (χ2n) is 6.11. The molecular weight excluding hydrogens is 377 g/mol. The molecular formula is C20H18FN5O3. The molecule has 1 aromatic heterocycles.